The topological polar surface area (TPSA) is 73.8 Å². The average molecular weight is 503 g/mol. The minimum Gasteiger partial charge on any atom is -0.356 e. The second kappa shape index (κ2) is 12.7. The first-order valence-electron chi connectivity index (χ1n) is 8.02. The highest BCUT2D eigenvalue weighted by Crippen LogP contribution is 2.09. The van der Waals surface area contributed by atoms with E-state index < -0.39 is 10.0 Å². The largest absolute Gasteiger partial charge is 0.356 e. The molecule has 0 unspecified atom stereocenters. The van der Waals surface area contributed by atoms with E-state index in [4.69, 9.17) is 11.6 Å². The van der Waals surface area contributed by atoms with Crippen LogP contribution in [0.5, 0.6) is 0 Å². The van der Waals surface area contributed by atoms with Gasteiger partial charge in [0, 0.05) is 38.8 Å². The summed E-state index contributed by atoms with van der Waals surface area (Å²) in [5.41, 5.74) is 1.20. The Hall–Kier alpha value is -0.580. The number of hydrogen-bond acceptors (Lipinski definition) is 3. The van der Waals surface area contributed by atoms with Crippen molar-refractivity contribution in [2.45, 2.75) is 19.8 Å². The highest BCUT2D eigenvalue weighted by molar-refractivity contribution is 14.0. The summed E-state index contributed by atoms with van der Waals surface area (Å²) in [5.74, 6) is 0.843. The molecule has 0 saturated carbocycles. The van der Waals surface area contributed by atoms with Crippen LogP contribution < -0.4 is 10.6 Å². The van der Waals surface area contributed by atoms with Crippen LogP contribution in [0.1, 0.15) is 18.9 Å². The smallest absolute Gasteiger partial charge is 0.213 e. The van der Waals surface area contributed by atoms with Crippen LogP contribution in [0.2, 0.25) is 5.02 Å². The van der Waals surface area contributed by atoms with Crippen molar-refractivity contribution in [3.8, 4) is 0 Å². The Balaban J connectivity index is 0.00000576. The van der Waals surface area contributed by atoms with Gasteiger partial charge in [0.25, 0.3) is 0 Å². The van der Waals surface area contributed by atoms with Gasteiger partial charge in [-0.25, -0.2) is 12.7 Å². The van der Waals surface area contributed by atoms with Crippen molar-refractivity contribution in [2.75, 3.05) is 39.5 Å². The van der Waals surface area contributed by atoms with Crippen LogP contribution in [-0.2, 0) is 16.4 Å². The number of nitrogens with one attached hydrogen (secondary N) is 2. The van der Waals surface area contributed by atoms with E-state index in [-0.39, 0.29) is 29.7 Å². The molecule has 0 aliphatic heterocycles. The Morgan fingerprint density at radius 2 is 1.80 bits per heavy atom. The third kappa shape index (κ3) is 9.62. The lowest BCUT2D eigenvalue weighted by Gasteiger charge is -2.16. The molecule has 6 nitrogen and oxygen atoms in total. The number of aliphatic imine (C=N–C) groups is 1. The molecule has 0 aliphatic carbocycles. The molecule has 25 heavy (non-hydrogen) atoms. The van der Waals surface area contributed by atoms with Gasteiger partial charge in [-0.3, -0.25) is 4.99 Å². The first-order valence-corrected chi connectivity index (χ1v) is 10.0. The zero-order valence-corrected chi connectivity index (χ0v) is 18.9. The lowest BCUT2D eigenvalue weighted by atomic mass is 10.1. The quantitative estimate of drug-likeness (QED) is 0.235. The molecule has 0 aliphatic rings. The second-order valence-corrected chi connectivity index (χ2v) is 8.18. The van der Waals surface area contributed by atoms with Gasteiger partial charge >= 0.3 is 0 Å². The summed E-state index contributed by atoms with van der Waals surface area (Å²) in [6, 6.07) is 7.77. The van der Waals surface area contributed by atoms with Gasteiger partial charge in [0.15, 0.2) is 5.96 Å². The molecule has 1 aromatic rings. The molecule has 0 saturated heterocycles. The van der Waals surface area contributed by atoms with E-state index in [1.54, 1.807) is 21.0 Å². The lowest BCUT2D eigenvalue weighted by molar-refractivity contribution is 0.461. The van der Waals surface area contributed by atoms with Crippen molar-refractivity contribution in [3.05, 3.63) is 34.9 Å². The maximum absolute atomic E-state index is 11.6. The average Bonchev–Trinajstić information content (AvgIpc) is 2.58. The molecule has 0 aromatic heterocycles. The molecular formula is C16H28ClIN4O2S. The summed E-state index contributed by atoms with van der Waals surface area (Å²) in [4.78, 5) is 4.16. The molecule has 0 atom stereocenters. The van der Waals surface area contributed by atoms with E-state index in [9.17, 15) is 8.42 Å². The fraction of sp³-hybridized carbons (Fsp3) is 0.562. The maximum Gasteiger partial charge on any atom is 0.213 e. The van der Waals surface area contributed by atoms with Crippen LogP contribution in [0, 0.1) is 0 Å². The van der Waals surface area contributed by atoms with Crippen LogP contribution in [-0.4, -0.2) is 58.2 Å². The maximum atomic E-state index is 11.6. The van der Waals surface area contributed by atoms with E-state index in [1.165, 1.54) is 9.87 Å². The third-order valence-electron chi connectivity index (χ3n) is 3.62. The summed E-state index contributed by atoms with van der Waals surface area (Å²) < 4.78 is 24.7. The van der Waals surface area contributed by atoms with Crippen molar-refractivity contribution in [1.29, 1.82) is 0 Å². The molecule has 0 radical (unpaired) electrons. The summed E-state index contributed by atoms with van der Waals surface area (Å²) >= 11 is 5.86. The summed E-state index contributed by atoms with van der Waals surface area (Å²) in [5, 5.41) is 7.16. The number of halogens is 2. The highest BCUT2D eigenvalue weighted by atomic mass is 127. The standard InChI is InChI=1S/C16H27ClN4O2S.HI/c1-4-24(22,23)21(3)13-5-11-19-16(18-2)20-12-10-14-6-8-15(17)9-7-14;/h6-9H,4-5,10-13H2,1-3H3,(H2,18,19,20);1H. The summed E-state index contributed by atoms with van der Waals surface area (Å²) in [6.07, 6.45) is 1.59. The molecular weight excluding hydrogens is 475 g/mol. The normalized spacial score (nSPS) is 12.0. The van der Waals surface area contributed by atoms with Crippen molar-refractivity contribution in [3.63, 3.8) is 0 Å². The van der Waals surface area contributed by atoms with Crippen molar-refractivity contribution in [2.24, 2.45) is 4.99 Å². The number of nitrogens with zero attached hydrogens (tertiary/aromatic N) is 2. The Bertz CT molecular complexity index is 624. The van der Waals surface area contributed by atoms with Gasteiger partial charge < -0.3 is 10.6 Å². The molecule has 1 rings (SSSR count). The van der Waals surface area contributed by atoms with Gasteiger partial charge in [-0.2, -0.15) is 0 Å². The van der Waals surface area contributed by atoms with E-state index in [0.29, 0.717) is 25.5 Å². The van der Waals surface area contributed by atoms with Crippen LogP contribution in [0.25, 0.3) is 0 Å². The Morgan fingerprint density at radius 3 is 2.36 bits per heavy atom. The molecule has 9 heteroatoms. The van der Waals surface area contributed by atoms with Crippen LogP contribution >= 0.6 is 35.6 Å². The Labute approximate surface area is 173 Å². The van der Waals surface area contributed by atoms with Crippen molar-refractivity contribution < 1.29 is 8.42 Å². The van der Waals surface area contributed by atoms with Crippen LogP contribution in [0.15, 0.2) is 29.3 Å². The third-order valence-corrected chi connectivity index (χ3v) is 5.74. The van der Waals surface area contributed by atoms with E-state index in [0.717, 1.165) is 18.0 Å². The molecule has 0 heterocycles. The first-order chi connectivity index (χ1) is 11.4. The Morgan fingerprint density at radius 1 is 1.20 bits per heavy atom. The number of sulfonamides is 1. The van der Waals surface area contributed by atoms with E-state index >= 15 is 0 Å². The number of guanidine groups is 1. The zero-order valence-electron chi connectivity index (χ0n) is 15.0. The molecule has 0 spiro atoms. The number of benzene rings is 1. The summed E-state index contributed by atoms with van der Waals surface area (Å²) in [6.45, 7) is 3.55. The molecule has 2 N–H and O–H groups in total. The van der Waals surface area contributed by atoms with Gasteiger partial charge in [-0.05, 0) is 37.5 Å². The van der Waals surface area contributed by atoms with Crippen LogP contribution in [0.3, 0.4) is 0 Å². The highest BCUT2D eigenvalue weighted by Gasteiger charge is 2.13. The molecule has 0 amide bonds. The zero-order chi connectivity index (χ0) is 18.0. The van der Waals surface area contributed by atoms with Crippen molar-refractivity contribution in [1.82, 2.24) is 14.9 Å². The van der Waals surface area contributed by atoms with Gasteiger partial charge in [0.05, 0.1) is 5.75 Å². The van der Waals surface area contributed by atoms with Crippen molar-refractivity contribution >= 4 is 51.6 Å². The van der Waals surface area contributed by atoms with Gasteiger partial charge in [-0.15, -0.1) is 24.0 Å². The van der Waals surface area contributed by atoms with Gasteiger partial charge in [0.1, 0.15) is 0 Å². The van der Waals surface area contributed by atoms with E-state index in [1.807, 2.05) is 24.3 Å². The molecule has 0 bridgehead atoms. The SMILES string of the molecule is CCS(=O)(=O)N(C)CCCNC(=NC)NCCc1ccc(Cl)cc1.I. The predicted octanol–water partition coefficient (Wildman–Crippen LogP) is 2.34. The summed E-state index contributed by atoms with van der Waals surface area (Å²) in [7, 11) is 0.221. The minimum atomic E-state index is -3.10. The fourth-order valence-corrected chi connectivity index (χ4v) is 3.04. The van der Waals surface area contributed by atoms with Gasteiger partial charge in [0.2, 0.25) is 10.0 Å². The molecule has 1 aromatic carbocycles. The fourth-order valence-electron chi connectivity index (χ4n) is 2.06. The van der Waals surface area contributed by atoms with E-state index in [2.05, 4.69) is 15.6 Å². The number of rotatable bonds is 9. The second-order valence-electron chi connectivity index (χ2n) is 5.38. The minimum absolute atomic E-state index is 0. The predicted molar refractivity (Wildman–Crippen MR) is 117 cm³/mol. The molecule has 144 valence electrons. The van der Waals surface area contributed by atoms with Gasteiger partial charge in [-0.1, -0.05) is 23.7 Å². The first kappa shape index (κ1) is 24.4. The number of hydrogen-bond donors (Lipinski definition) is 2. The monoisotopic (exact) mass is 502 g/mol. The Kier molecular flexibility index (Phi) is 12.4. The van der Waals surface area contributed by atoms with Crippen LogP contribution in [0.4, 0.5) is 0 Å². The molecule has 0 fully saturated rings. The lowest BCUT2D eigenvalue weighted by Crippen LogP contribution is -2.39.